The number of anilines is 1. The zero-order valence-corrected chi connectivity index (χ0v) is 13.9. The summed E-state index contributed by atoms with van der Waals surface area (Å²) in [5.41, 5.74) is 1.23. The Labute approximate surface area is 148 Å². The van der Waals surface area contributed by atoms with Crippen LogP contribution in [0.25, 0.3) is 0 Å². The number of nitrogens with one attached hydrogen (secondary N) is 1. The van der Waals surface area contributed by atoms with Crippen LogP contribution in [0, 0.1) is 0 Å². The third-order valence-electron chi connectivity index (χ3n) is 3.64. The van der Waals surface area contributed by atoms with Gasteiger partial charge >= 0.3 is 0 Å². The molecule has 3 amide bonds. The van der Waals surface area contributed by atoms with Crippen molar-refractivity contribution in [1.82, 2.24) is 4.90 Å². The highest BCUT2D eigenvalue weighted by atomic mass is 35.5. The lowest BCUT2D eigenvalue weighted by Crippen LogP contribution is -2.32. The van der Waals surface area contributed by atoms with Crippen LogP contribution in [0.4, 0.5) is 5.69 Å². The lowest BCUT2D eigenvalue weighted by molar-refractivity contribution is -0.116. The molecule has 2 aromatic carbocycles. The number of hydrogen-bond donors (Lipinski definition) is 1. The number of amides is 3. The van der Waals surface area contributed by atoms with Gasteiger partial charge in [-0.1, -0.05) is 35.3 Å². The first kappa shape index (κ1) is 16.5. The Kier molecular flexibility index (Phi) is 4.55. The highest BCUT2D eigenvalue weighted by Gasteiger charge is 2.34. The molecule has 1 N–H and O–H groups in total. The Morgan fingerprint density at radius 3 is 2.17 bits per heavy atom. The van der Waals surface area contributed by atoms with Gasteiger partial charge in [-0.2, -0.15) is 0 Å². The van der Waals surface area contributed by atoms with Gasteiger partial charge in [0.15, 0.2) is 0 Å². The number of halogens is 2. The number of hydrogen-bond acceptors (Lipinski definition) is 3. The summed E-state index contributed by atoms with van der Waals surface area (Å²) in [7, 11) is 0. The van der Waals surface area contributed by atoms with Gasteiger partial charge < -0.3 is 5.32 Å². The first-order chi connectivity index (χ1) is 11.5. The molecule has 0 aliphatic carbocycles. The Morgan fingerprint density at radius 1 is 0.958 bits per heavy atom. The van der Waals surface area contributed by atoms with Crippen molar-refractivity contribution in [2.24, 2.45) is 0 Å². The third-order valence-corrected chi connectivity index (χ3v) is 4.38. The molecule has 0 aromatic heterocycles. The average Bonchev–Trinajstić information content (AvgIpc) is 2.81. The van der Waals surface area contributed by atoms with E-state index in [4.69, 9.17) is 23.2 Å². The van der Waals surface area contributed by atoms with Crippen LogP contribution in [0.2, 0.25) is 10.0 Å². The van der Waals surface area contributed by atoms with Gasteiger partial charge in [0.25, 0.3) is 11.8 Å². The van der Waals surface area contributed by atoms with Crippen molar-refractivity contribution in [3.63, 3.8) is 0 Å². The van der Waals surface area contributed by atoms with Crippen LogP contribution in [-0.4, -0.2) is 29.2 Å². The fraction of sp³-hybridized carbons (Fsp3) is 0.118. The Bertz CT molecular complexity index is 816. The number of carbonyl (C=O) groups is 3. The van der Waals surface area contributed by atoms with Gasteiger partial charge in [0.2, 0.25) is 5.91 Å². The van der Waals surface area contributed by atoms with Crippen LogP contribution < -0.4 is 5.32 Å². The molecular weight excluding hydrogens is 351 g/mol. The minimum Gasteiger partial charge on any atom is -0.326 e. The number of rotatable bonds is 4. The Hall–Kier alpha value is -2.37. The lowest BCUT2D eigenvalue weighted by Gasteiger charge is -2.13. The number of benzene rings is 2. The molecule has 1 aliphatic heterocycles. The van der Waals surface area contributed by atoms with Gasteiger partial charge in [0, 0.05) is 18.7 Å². The van der Waals surface area contributed by atoms with Gasteiger partial charge in [-0.15, -0.1) is 0 Å². The Balaban J connectivity index is 1.62. The number of nitrogens with zero attached hydrogens (tertiary/aromatic N) is 1. The van der Waals surface area contributed by atoms with Crippen LogP contribution in [0.5, 0.6) is 0 Å². The molecule has 0 unspecified atom stereocenters. The molecule has 5 nitrogen and oxygen atoms in total. The summed E-state index contributed by atoms with van der Waals surface area (Å²) in [6.07, 6.45) is -0.00822. The minimum atomic E-state index is -0.377. The molecule has 1 heterocycles. The van der Waals surface area contributed by atoms with Gasteiger partial charge in [-0.25, -0.2) is 0 Å². The van der Waals surface area contributed by atoms with Gasteiger partial charge in [0.05, 0.1) is 21.2 Å². The van der Waals surface area contributed by atoms with Crippen LogP contribution in [0.1, 0.15) is 27.1 Å². The van der Waals surface area contributed by atoms with Gasteiger partial charge in [-0.3, -0.25) is 19.3 Å². The highest BCUT2D eigenvalue weighted by Crippen LogP contribution is 2.25. The molecule has 2 aromatic rings. The summed E-state index contributed by atoms with van der Waals surface area (Å²) >= 11 is 11.7. The molecule has 0 bridgehead atoms. The molecule has 0 atom stereocenters. The van der Waals surface area contributed by atoms with Crippen molar-refractivity contribution >= 4 is 46.6 Å². The first-order valence-electron chi connectivity index (χ1n) is 7.17. The SMILES string of the molecule is O=C(CCN1C(=O)c2ccccc2C1=O)Nc1ccc(Cl)c(Cl)c1. The summed E-state index contributed by atoms with van der Waals surface area (Å²) in [5.74, 6) is -1.08. The molecule has 0 radical (unpaired) electrons. The smallest absolute Gasteiger partial charge is 0.261 e. The van der Waals surface area contributed by atoms with Crippen molar-refractivity contribution in [2.45, 2.75) is 6.42 Å². The molecule has 7 heteroatoms. The van der Waals surface area contributed by atoms with Crippen molar-refractivity contribution in [3.05, 3.63) is 63.6 Å². The highest BCUT2D eigenvalue weighted by molar-refractivity contribution is 6.42. The van der Waals surface area contributed by atoms with E-state index in [1.54, 1.807) is 36.4 Å². The van der Waals surface area contributed by atoms with Crippen LogP contribution in [0.15, 0.2) is 42.5 Å². The van der Waals surface area contributed by atoms with E-state index in [0.29, 0.717) is 26.9 Å². The second-order valence-corrected chi connectivity index (χ2v) is 6.05. The first-order valence-corrected chi connectivity index (χ1v) is 7.93. The monoisotopic (exact) mass is 362 g/mol. The predicted molar refractivity (Wildman–Crippen MR) is 91.5 cm³/mol. The van der Waals surface area contributed by atoms with E-state index in [9.17, 15) is 14.4 Å². The lowest BCUT2D eigenvalue weighted by atomic mass is 10.1. The molecule has 0 saturated carbocycles. The van der Waals surface area contributed by atoms with E-state index in [1.165, 1.54) is 6.07 Å². The van der Waals surface area contributed by atoms with Crippen molar-refractivity contribution in [2.75, 3.05) is 11.9 Å². The molecule has 0 saturated heterocycles. The zero-order valence-electron chi connectivity index (χ0n) is 12.4. The fourth-order valence-corrected chi connectivity index (χ4v) is 2.75. The molecule has 1 aliphatic rings. The van der Waals surface area contributed by atoms with Crippen molar-refractivity contribution in [1.29, 1.82) is 0 Å². The second-order valence-electron chi connectivity index (χ2n) is 5.23. The summed E-state index contributed by atoms with van der Waals surface area (Å²) in [4.78, 5) is 37.5. The maximum absolute atomic E-state index is 12.2. The molecule has 0 fully saturated rings. The maximum Gasteiger partial charge on any atom is 0.261 e. The van der Waals surface area contributed by atoms with Gasteiger partial charge in [-0.05, 0) is 30.3 Å². The van der Waals surface area contributed by atoms with E-state index in [0.717, 1.165) is 4.90 Å². The van der Waals surface area contributed by atoms with E-state index in [-0.39, 0.29) is 30.7 Å². The number of imide groups is 1. The van der Waals surface area contributed by atoms with E-state index in [2.05, 4.69) is 5.32 Å². The molecule has 24 heavy (non-hydrogen) atoms. The van der Waals surface area contributed by atoms with E-state index in [1.807, 2.05) is 0 Å². The average molecular weight is 363 g/mol. The minimum absolute atomic E-state index is 0.00822. The fourth-order valence-electron chi connectivity index (χ4n) is 2.45. The topological polar surface area (TPSA) is 66.5 Å². The molecule has 0 spiro atoms. The summed E-state index contributed by atoms with van der Waals surface area (Å²) < 4.78 is 0. The van der Waals surface area contributed by atoms with Crippen molar-refractivity contribution in [3.8, 4) is 0 Å². The summed E-state index contributed by atoms with van der Waals surface area (Å²) in [6.45, 7) is 0.0134. The predicted octanol–water partition coefficient (Wildman–Crippen LogP) is 3.62. The molecule has 3 rings (SSSR count). The van der Waals surface area contributed by atoms with E-state index < -0.39 is 0 Å². The van der Waals surface area contributed by atoms with Crippen LogP contribution >= 0.6 is 23.2 Å². The zero-order chi connectivity index (χ0) is 17.3. The molecular formula is C17H12Cl2N2O3. The molecule has 122 valence electrons. The van der Waals surface area contributed by atoms with Crippen molar-refractivity contribution < 1.29 is 14.4 Å². The quantitative estimate of drug-likeness (QED) is 0.844. The van der Waals surface area contributed by atoms with Gasteiger partial charge in [0.1, 0.15) is 0 Å². The summed E-state index contributed by atoms with van der Waals surface area (Å²) in [5, 5.41) is 3.37. The Morgan fingerprint density at radius 2 is 1.58 bits per heavy atom. The second kappa shape index (κ2) is 6.63. The normalized spacial score (nSPS) is 13.2. The summed E-state index contributed by atoms with van der Waals surface area (Å²) in [6, 6.07) is 11.3. The van der Waals surface area contributed by atoms with Crippen LogP contribution in [0.3, 0.4) is 0 Å². The van der Waals surface area contributed by atoms with E-state index >= 15 is 0 Å². The number of carbonyl (C=O) groups excluding carboxylic acids is 3. The maximum atomic E-state index is 12.2. The largest absolute Gasteiger partial charge is 0.326 e. The van der Waals surface area contributed by atoms with Crippen LogP contribution in [-0.2, 0) is 4.79 Å². The number of fused-ring (bicyclic) bond motifs is 1. The standard InChI is InChI=1S/C17H12Cl2N2O3/c18-13-6-5-10(9-14(13)19)20-15(22)7-8-21-16(23)11-3-1-2-4-12(11)17(21)24/h1-6,9H,7-8H2,(H,20,22). The third kappa shape index (κ3) is 3.13.